The Morgan fingerprint density at radius 2 is 2.00 bits per heavy atom. The van der Waals surface area contributed by atoms with Gasteiger partial charge in [0.2, 0.25) is 0 Å². The van der Waals surface area contributed by atoms with Crippen LogP contribution in [-0.4, -0.2) is 29.1 Å². The predicted octanol–water partition coefficient (Wildman–Crippen LogP) is 2.79. The van der Waals surface area contributed by atoms with E-state index >= 15 is 0 Å². The zero-order chi connectivity index (χ0) is 12.5. The number of benzene rings is 1. The Labute approximate surface area is 107 Å². The molecule has 96 valence electrons. The van der Waals surface area contributed by atoms with Crippen molar-refractivity contribution in [2.24, 2.45) is 0 Å². The van der Waals surface area contributed by atoms with Crippen molar-refractivity contribution < 1.29 is 9.90 Å². The summed E-state index contributed by atoms with van der Waals surface area (Å²) >= 11 is 0. The predicted molar refractivity (Wildman–Crippen MR) is 69.6 cm³/mol. The third-order valence-corrected chi connectivity index (χ3v) is 4.01. The Hall–Kier alpha value is -1.35. The third kappa shape index (κ3) is 2.27. The van der Waals surface area contributed by atoms with Gasteiger partial charge in [-0.1, -0.05) is 24.3 Å². The van der Waals surface area contributed by atoms with Crippen LogP contribution in [0.1, 0.15) is 48.8 Å². The van der Waals surface area contributed by atoms with E-state index < -0.39 is 12.0 Å². The molecule has 3 nitrogen and oxygen atoms in total. The van der Waals surface area contributed by atoms with E-state index in [1.165, 1.54) is 18.4 Å². The molecule has 1 saturated carbocycles. The normalized spacial score (nSPS) is 22.0. The van der Waals surface area contributed by atoms with Crippen molar-refractivity contribution in [2.75, 3.05) is 13.1 Å². The minimum absolute atomic E-state index is 0.453. The summed E-state index contributed by atoms with van der Waals surface area (Å²) in [5.41, 5.74) is 2.27. The molecule has 0 amide bonds. The van der Waals surface area contributed by atoms with Crippen LogP contribution in [0.25, 0.3) is 0 Å². The molecular formula is C15H19NO2. The molecule has 0 bridgehead atoms. The van der Waals surface area contributed by atoms with Crippen LogP contribution in [0.5, 0.6) is 0 Å². The minimum atomic E-state index is -0.718. The van der Waals surface area contributed by atoms with Crippen molar-refractivity contribution in [3.63, 3.8) is 0 Å². The number of likely N-dealkylation sites (tertiary alicyclic amines) is 1. The standard InChI is InChI=1S/C15H19NO2/c17-15(18)14(16-8-1-2-9-16)13-5-3-4-12(10-13)11-6-7-11/h3-5,10-11,14H,1-2,6-9H2,(H,17,18). The van der Waals surface area contributed by atoms with Crippen molar-refractivity contribution >= 4 is 5.97 Å². The van der Waals surface area contributed by atoms with E-state index in [-0.39, 0.29) is 0 Å². The molecule has 1 aromatic carbocycles. The summed E-state index contributed by atoms with van der Waals surface area (Å²) in [6, 6.07) is 7.75. The van der Waals surface area contributed by atoms with Crippen LogP contribution < -0.4 is 0 Å². The van der Waals surface area contributed by atoms with Crippen LogP contribution in [0.15, 0.2) is 24.3 Å². The van der Waals surface area contributed by atoms with Crippen LogP contribution in [0.3, 0.4) is 0 Å². The molecule has 18 heavy (non-hydrogen) atoms. The van der Waals surface area contributed by atoms with Gasteiger partial charge in [0, 0.05) is 0 Å². The van der Waals surface area contributed by atoms with Gasteiger partial charge < -0.3 is 5.11 Å². The lowest BCUT2D eigenvalue weighted by molar-refractivity contribution is -0.143. The van der Waals surface area contributed by atoms with Gasteiger partial charge in [0.1, 0.15) is 6.04 Å². The van der Waals surface area contributed by atoms with Gasteiger partial charge in [0.15, 0.2) is 0 Å². The summed E-state index contributed by atoms with van der Waals surface area (Å²) in [5.74, 6) is -0.0391. The van der Waals surface area contributed by atoms with Gasteiger partial charge in [-0.2, -0.15) is 0 Å². The number of hydrogen-bond donors (Lipinski definition) is 1. The maximum Gasteiger partial charge on any atom is 0.325 e. The summed E-state index contributed by atoms with van der Waals surface area (Å²) in [7, 11) is 0. The Kier molecular flexibility index (Phi) is 3.08. The Morgan fingerprint density at radius 3 is 2.61 bits per heavy atom. The molecule has 1 N–H and O–H groups in total. The molecule has 1 heterocycles. The molecular weight excluding hydrogens is 226 g/mol. The van der Waals surface area contributed by atoms with E-state index in [4.69, 9.17) is 0 Å². The maximum absolute atomic E-state index is 11.5. The number of carboxylic acid groups (broad SMARTS) is 1. The number of hydrogen-bond acceptors (Lipinski definition) is 2. The highest BCUT2D eigenvalue weighted by Gasteiger charge is 2.31. The lowest BCUT2D eigenvalue weighted by atomic mass is 10.0. The fourth-order valence-corrected chi connectivity index (χ4v) is 2.91. The molecule has 2 fully saturated rings. The van der Waals surface area contributed by atoms with Gasteiger partial charge in [-0.25, -0.2) is 0 Å². The quantitative estimate of drug-likeness (QED) is 0.886. The molecule has 3 heteroatoms. The lowest BCUT2D eigenvalue weighted by Crippen LogP contribution is -2.31. The highest BCUT2D eigenvalue weighted by Crippen LogP contribution is 2.41. The van der Waals surface area contributed by atoms with Gasteiger partial charge >= 0.3 is 5.97 Å². The molecule has 1 aromatic rings. The van der Waals surface area contributed by atoms with Gasteiger partial charge in [0.25, 0.3) is 0 Å². The second-order valence-corrected chi connectivity index (χ2v) is 5.43. The minimum Gasteiger partial charge on any atom is -0.480 e. The van der Waals surface area contributed by atoms with E-state index in [0.717, 1.165) is 31.5 Å². The average Bonchev–Trinajstić information content (AvgIpc) is 3.08. The number of rotatable bonds is 4. The van der Waals surface area contributed by atoms with Crippen molar-refractivity contribution in [3.05, 3.63) is 35.4 Å². The molecule has 3 rings (SSSR count). The van der Waals surface area contributed by atoms with Crippen molar-refractivity contribution in [1.82, 2.24) is 4.90 Å². The largest absolute Gasteiger partial charge is 0.480 e. The summed E-state index contributed by atoms with van der Waals surface area (Å²) in [6.45, 7) is 1.81. The monoisotopic (exact) mass is 245 g/mol. The van der Waals surface area contributed by atoms with E-state index in [0.29, 0.717) is 5.92 Å². The highest BCUT2D eigenvalue weighted by atomic mass is 16.4. The van der Waals surface area contributed by atoms with Crippen molar-refractivity contribution in [2.45, 2.75) is 37.6 Å². The summed E-state index contributed by atoms with van der Waals surface area (Å²) in [5, 5.41) is 9.49. The first kappa shape index (κ1) is 11.7. The van der Waals surface area contributed by atoms with E-state index in [1.807, 2.05) is 12.1 Å². The first-order valence-corrected chi connectivity index (χ1v) is 6.82. The van der Waals surface area contributed by atoms with E-state index in [9.17, 15) is 9.90 Å². The highest BCUT2D eigenvalue weighted by molar-refractivity contribution is 5.75. The Morgan fingerprint density at radius 1 is 1.28 bits per heavy atom. The molecule has 1 unspecified atom stereocenters. The number of nitrogens with zero attached hydrogens (tertiary/aromatic N) is 1. The van der Waals surface area contributed by atoms with Gasteiger partial charge in [-0.3, -0.25) is 9.69 Å². The molecule has 0 spiro atoms. The maximum atomic E-state index is 11.5. The molecule has 1 aliphatic heterocycles. The second kappa shape index (κ2) is 4.73. The van der Waals surface area contributed by atoms with Gasteiger partial charge in [-0.05, 0) is 55.8 Å². The Bertz CT molecular complexity index is 448. The van der Waals surface area contributed by atoms with Gasteiger partial charge in [-0.15, -0.1) is 0 Å². The number of aliphatic carboxylic acids is 1. The zero-order valence-corrected chi connectivity index (χ0v) is 10.5. The molecule has 1 saturated heterocycles. The smallest absolute Gasteiger partial charge is 0.325 e. The topological polar surface area (TPSA) is 40.5 Å². The first-order valence-electron chi connectivity index (χ1n) is 6.82. The SMILES string of the molecule is O=C(O)C(c1cccc(C2CC2)c1)N1CCCC1. The first-order chi connectivity index (χ1) is 8.75. The Balaban J connectivity index is 1.88. The molecule has 0 aromatic heterocycles. The van der Waals surface area contributed by atoms with Crippen LogP contribution in [0.4, 0.5) is 0 Å². The third-order valence-electron chi connectivity index (χ3n) is 4.01. The van der Waals surface area contributed by atoms with Crippen molar-refractivity contribution in [1.29, 1.82) is 0 Å². The fourth-order valence-electron chi connectivity index (χ4n) is 2.91. The van der Waals surface area contributed by atoms with Crippen LogP contribution >= 0.6 is 0 Å². The van der Waals surface area contributed by atoms with Crippen LogP contribution in [-0.2, 0) is 4.79 Å². The molecule has 2 aliphatic rings. The summed E-state index contributed by atoms with van der Waals surface area (Å²) in [6.07, 6.45) is 4.74. The fraction of sp³-hybridized carbons (Fsp3) is 0.533. The zero-order valence-electron chi connectivity index (χ0n) is 10.5. The molecule has 0 radical (unpaired) electrons. The van der Waals surface area contributed by atoms with Crippen molar-refractivity contribution in [3.8, 4) is 0 Å². The second-order valence-electron chi connectivity index (χ2n) is 5.43. The van der Waals surface area contributed by atoms with E-state index in [1.54, 1.807) is 0 Å². The average molecular weight is 245 g/mol. The van der Waals surface area contributed by atoms with Crippen LogP contribution in [0, 0.1) is 0 Å². The van der Waals surface area contributed by atoms with E-state index in [2.05, 4.69) is 17.0 Å². The lowest BCUT2D eigenvalue weighted by Gasteiger charge is -2.24. The molecule has 1 aliphatic carbocycles. The summed E-state index contributed by atoms with van der Waals surface area (Å²) in [4.78, 5) is 13.6. The van der Waals surface area contributed by atoms with Gasteiger partial charge in [0.05, 0.1) is 0 Å². The number of carboxylic acids is 1. The summed E-state index contributed by atoms with van der Waals surface area (Å²) < 4.78 is 0. The number of carbonyl (C=O) groups is 1. The molecule has 1 atom stereocenters. The van der Waals surface area contributed by atoms with Crippen LogP contribution in [0.2, 0.25) is 0 Å².